The first-order valence-corrected chi connectivity index (χ1v) is 9.01. The number of nitrogens with zero attached hydrogens (tertiary/aromatic N) is 3. The fourth-order valence-electron chi connectivity index (χ4n) is 2.82. The number of carbonyl (C=O) groups excluding carboxylic acids is 1. The maximum Gasteiger partial charge on any atom is 0.274 e. The molecule has 0 aliphatic carbocycles. The van der Waals surface area contributed by atoms with Crippen LogP contribution in [0.5, 0.6) is 5.75 Å². The molecule has 0 atom stereocenters. The molecule has 4 rings (SSSR count). The molecule has 142 valence electrons. The Kier molecular flexibility index (Phi) is 5.05. The number of aromatic amines is 1. The van der Waals surface area contributed by atoms with Crippen molar-refractivity contribution in [1.29, 1.82) is 0 Å². The first-order valence-electron chi connectivity index (χ1n) is 9.01. The fraction of sp³-hybridized carbons (Fsp3) is 0.190. The lowest BCUT2D eigenvalue weighted by Gasteiger charge is -2.16. The molecule has 0 spiro atoms. The Labute approximate surface area is 161 Å². The van der Waals surface area contributed by atoms with Gasteiger partial charge in [-0.2, -0.15) is 4.98 Å². The maximum absolute atomic E-state index is 12.2. The van der Waals surface area contributed by atoms with Crippen molar-refractivity contribution in [2.24, 2.45) is 0 Å². The predicted octanol–water partition coefficient (Wildman–Crippen LogP) is 3.30. The van der Waals surface area contributed by atoms with Gasteiger partial charge in [0.1, 0.15) is 11.4 Å². The maximum atomic E-state index is 12.2. The van der Waals surface area contributed by atoms with Gasteiger partial charge in [0.15, 0.2) is 12.4 Å². The standard InChI is InChI=1S/C21H20N4O3/c1-25(20(26)14-27-16-8-3-2-4-9-16)12-11-19-23-21(28-24-19)18-13-15-7-5-6-10-17(15)22-18/h2-10,13,22H,11-12,14H2,1H3. The number of ether oxygens (including phenoxy) is 1. The molecule has 1 N–H and O–H groups in total. The molecule has 0 saturated carbocycles. The van der Waals surface area contributed by atoms with Crippen molar-refractivity contribution in [2.75, 3.05) is 20.2 Å². The number of benzene rings is 2. The number of likely N-dealkylation sites (N-methyl/N-ethyl adjacent to an activating group) is 1. The third kappa shape index (κ3) is 4.03. The monoisotopic (exact) mass is 376 g/mol. The van der Waals surface area contributed by atoms with Gasteiger partial charge in [-0.3, -0.25) is 4.79 Å². The zero-order valence-electron chi connectivity index (χ0n) is 15.5. The zero-order chi connectivity index (χ0) is 19.3. The van der Waals surface area contributed by atoms with E-state index in [0.29, 0.717) is 30.4 Å². The van der Waals surface area contributed by atoms with E-state index in [1.807, 2.05) is 60.7 Å². The van der Waals surface area contributed by atoms with Gasteiger partial charge < -0.3 is 19.1 Å². The summed E-state index contributed by atoms with van der Waals surface area (Å²) in [7, 11) is 1.73. The lowest BCUT2D eigenvalue weighted by atomic mass is 10.2. The molecule has 4 aromatic rings. The number of fused-ring (bicyclic) bond motifs is 1. The number of hydrogen-bond acceptors (Lipinski definition) is 5. The highest BCUT2D eigenvalue weighted by atomic mass is 16.5. The first-order chi connectivity index (χ1) is 13.7. The van der Waals surface area contributed by atoms with Gasteiger partial charge >= 0.3 is 0 Å². The molecule has 0 aliphatic heterocycles. The van der Waals surface area contributed by atoms with Crippen LogP contribution in [-0.4, -0.2) is 46.1 Å². The average molecular weight is 376 g/mol. The number of hydrogen-bond donors (Lipinski definition) is 1. The van der Waals surface area contributed by atoms with Crippen molar-refractivity contribution >= 4 is 16.8 Å². The molecule has 0 saturated heterocycles. The second-order valence-electron chi connectivity index (χ2n) is 6.45. The minimum absolute atomic E-state index is 0.00687. The Morgan fingerprint density at radius 3 is 2.75 bits per heavy atom. The summed E-state index contributed by atoms with van der Waals surface area (Å²) in [4.78, 5) is 21.5. The molecule has 1 amide bonds. The third-order valence-electron chi connectivity index (χ3n) is 4.43. The van der Waals surface area contributed by atoms with E-state index >= 15 is 0 Å². The number of H-pyrrole nitrogens is 1. The average Bonchev–Trinajstić information content (AvgIpc) is 3.37. The van der Waals surface area contributed by atoms with Crippen molar-refractivity contribution in [3.63, 3.8) is 0 Å². The number of para-hydroxylation sites is 2. The van der Waals surface area contributed by atoms with Gasteiger partial charge in [0.2, 0.25) is 0 Å². The molecule has 28 heavy (non-hydrogen) atoms. The molecule has 0 radical (unpaired) electrons. The topological polar surface area (TPSA) is 84.3 Å². The SMILES string of the molecule is CN(CCc1noc(-c2cc3ccccc3[nH]2)n1)C(=O)COc1ccccc1. The van der Waals surface area contributed by atoms with E-state index in [-0.39, 0.29) is 12.5 Å². The number of carbonyl (C=O) groups is 1. The summed E-state index contributed by atoms with van der Waals surface area (Å²) < 4.78 is 10.8. The molecule has 7 heteroatoms. The van der Waals surface area contributed by atoms with Crippen LogP contribution in [0.25, 0.3) is 22.5 Å². The molecule has 0 aliphatic rings. The van der Waals surface area contributed by atoms with E-state index in [0.717, 1.165) is 16.6 Å². The number of amides is 1. The van der Waals surface area contributed by atoms with Crippen molar-refractivity contribution in [3.05, 3.63) is 66.5 Å². The largest absolute Gasteiger partial charge is 0.484 e. The van der Waals surface area contributed by atoms with Crippen molar-refractivity contribution in [3.8, 4) is 17.3 Å². The Bertz CT molecular complexity index is 1040. The summed E-state index contributed by atoms with van der Waals surface area (Å²) >= 11 is 0. The molecular weight excluding hydrogens is 356 g/mol. The second kappa shape index (κ2) is 7.96. The minimum Gasteiger partial charge on any atom is -0.484 e. The van der Waals surface area contributed by atoms with Gasteiger partial charge in [-0.05, 0) is 24.3 Å². The molecule has 0 unspecified atom stereocenters. The highest BCUT2D eigenvalue weighted by molar-refractivity contribution is 5.84. The van der Waals surface area contributed by atoms with Crippen LogP contribution in [0.3, 0.4) is 0 Å². The Morgan fingerprint density at radius 1 is 1.14 bits per heavy atom. The van der Waals surface area contributed by atoms with Gasteiger partial charge in [-0.25, -0.2) is 0 Å². The van der Waals surface area contributed by atoms with Crippen LogP contribution in [-0.2, 0) is 11.2 Å². The Hall–Kier alpha value is -3.61. The van der Waals surface area contributed by atoms with Gasteiger partial charge in [0.05, 0.1) is 0 Å². The highest BCUT2D eigenvalue weighted by Gasteiger charge is 2.14. The molecule has 0 bridgehead atoms. The van der Waals surface area contributed by atoms with Gasteiger partial charge in [0.25, 0.3) is 11.8 Å². The number of nitrogens with one attached hydrogen (secondary N) is 1. The van der Waals surface area contributed by atoms with Gasteiger partial charge in [0, 0.05) is 30.9 Å². The smallest absolute Gasteiger partial charge is 0.274 e. The molecule has 2 aromatic carbocycles. The van der Waals surface area contributed by atoms with Crippen molar-refractivity contribution < 1.29 is 14.1 Å². The van der Waals surface area contributed by atoms with Crippen LogP contribution in [0.2, 0.25) is 0 Å². The quantitative estimate of drug-likeness (QED) is 0.535. The predicted molar refractivity (Wildman–Crippen MR) is 105 cm³/mol. The Morgan fingerprint density at radius 2 is 1.93 bits per heavy atom. The van der Waals surface area contributed by atoms with E-state index in [4.69, 9.17) is 9.26 Å². The van der Waals surface area contributed by atoms with E-state index in [1.165, 1.54) is 0 Å². The number of aromatic nitrogens is 3. The lowest BCUT2D eigenvalue weighted by molar-refractivity contribution is -0.132. The summed E-state index contributed by atoms with van der Waals surface area (Å²) in [5.74, 6) is 1.55. The van der Waals surface area contributed by atoms with Crippen molar-refractivity contribution in [2.45, 2.75) is 6.42 Å². The van der Waals surface area contributed by atoms with Crippen LogP contribution in [0, 0.1) is 0 Å². The first kappa shape index (κ1) is 17.8. The lowest BCUT2D eigenvalue weighted by Crippen LogP contribution is -2.33. The minimum atomic E-state index is -0.108. The zero-order valence-corrected chi connectivity index (χ0v) is 15.5. The highest BCUT2D eigenvalue weighted by Crippen LogP contribution is 2.22. The third-order valence-corrected chi connectivity index (χ3v) is 4.43. The van der Waals surface area contributed by atoms with E-state index in [2.05, 4.69) is 15.1 Å². The molecular formula is C21H20N4O3. The summed E-state index contributed by atoms with van der Waals surface area (Å²) in [6.07, 6.45) is 0.497. The van der Waals surface area contributed by atoms with Crippen molar-refractivity contribution in [1.82, 2.24) is 20.0 Å². The van der Waals surface area contributed by atoms with Gasteiger partial charge in [-0.1, -0.05) is 41.6 Å². The van der Waals surface area contributed by atoms with Crippen LogP contribution < -0.4 is 4.74 Å². The fourth-order valence-corrected chi connectivity index (χ4v) is 2.82. The summed E-state index contributed by atoms with van der Waals surface area (Å²) in [6, 6.07) is 19.2. The van der Waals surface area contributed by atoms with Crippen LogP contribution in [0.15, 0.2) is 65.2 Å². The summed E-state index contributed by atoms with van der Waals surface area (Å²) in [5.41, 5.74) is 1.79. The van der Waals surface area contributed by atoms with Crippen LogP contribution in [0.4, 0.5) is 0 Å². The summed E-state index contributed by atoms with van der Waals surface area (Å²) in [6.45, 7) is 0.468. The molecule has 0 fully saturated rings. The van der Waals surface area contributed by atoms with Gasteiger partial charge in [-0.15, -0.1) is 0 Å². The summed E-state index contributed by atoms with van der Waals surface area (Å²) in [5, 5.41) is 5.10. The van der Waals surface area contributed by atoms with Crippen LogP contribution >= 0.6 is 0 Å². The van der Waals surface area contributed by atoms with Crippen LogP contribution in [0.1, 0.15) is 5.82 Å². The molecule has 2 heterocycles. The second-order valence-corrected chi connectivity index (χ2v) is 6.45. The Balaban J connectivity index is 1.31. The number of rotatable bonds is 7. The normalized spacial score (nSPS) is 10.9. The molecule has 7 nitrogen and oxygen atoms in total. The van der Waals surface area contributed by atoms with E-state index in [1.54, 1.807) is 11.9 Å². The van der Waals surface area contributed by atoms with E-state index < -0.39 is 0 Å². The molecule has 2 aromatic heterocycles. The van der Waals surface area contributed by atoms with E-state index in [9.17, 15) is 4.79 Å².